The molecule has 18 heavy (non-hydrogen) atoms. The summed E-state index contributed by atoms with van der Waals surface area (Å²) in [7, 11) is 0. The minimum absolute atomic E-state index is 0.0675. The van der Waals surface area contributed by atoms with Crippen LogP contribution in [0.15, 0.2) is 48.5 Å². The lowest BCUT2D eigenvalue weighted by atomic mass is 10.0. The first-order valence-corrected chi connectivity index (χ1v) is 5.00. The third-order valence-corrected chi connectivity index (χ3v) is 2.26. The molecular formula is C13H12O5. The first-order chi connectivity index (χ1) is 8.68. The number of hydrogen-bond donors (Lipinski definition) is 4. The van der Waals surface area contributed by atoms with Gasteiger partial charge in [0.15, 0.2) is 5.78 Å². The van der Waals surface area contributed by atoms with E-state index in [1.807, 2.05) is 6.07 Å². The van der Waals surface area contributed by atoms with Gasteiger partial charge in [0.05, 0.1) is 5.56 Å². The molecule has 0 fully saturated rings. The molecule has 0 spiro atoms. The molecule has 0 aromatic heterocycles. The molecule has 0 aliphatic rings. The number of phenolic OH excluding ortho intramolecular Hbond substituents is 2. The summed E-state index contributed by atoms with van der Waals surface area (Å²) in [6, 6.07) is 12.6. The molecule has 5 nitrogen and oxygen atoms in total. The van der Waals surface area contributed by atoms with Crippen LogP contribution in [0.3, 0.4) is 0 Å². The quantitative estimate of drug-likeness (QED) is 0.371. The third kappa shape index (κ3) is 3.07. The summed E-state index contributed by atoms with van der Waals surface area (Å²) in [5, 5.41) is 30.7. The van der Waals surface area contributed by atoms with Crippen LogP contribution >= 0.6 is 0 Å². The van der Waals surface area contributed by atoms with Crippen LogP contribution in [0.25, 0.3) is 0 Å². The van der Waals surface area contributed by atoms with Crippen molar-refractivity contribution in [2.24, 2.45) is 0 Å². The minimum atomic E-state index is -0.266. The van der Waals surface area contributed by atoms with Gasteiger partial charge in [0, 0.05) is 11.6 Å². The summed E-state index contributed by atoms with van der Waals surface area (Å²) >= 11 is 0. The normalized spacial score (nSPS) is 9.22. The van der Waals surface area contributed by atoms with Crippen LogP contribution in [0.2, 0.25) is 0 Å². The average molecular weight is 248 g/mol. The van der Waals surface area contributed by atoms with E-state index in [1.54, 1.807) is 24.3 Å². The minimum Gasteiger partial charge on any atom is -0.508 e. The number of benzene rings is 2. The van der Waals surface area contributed by atoms with Crippen LogP contribution in [0.4, 0.5) is 0 Å². The molecule has 0 bridgehead atoms. The van der Waals surface area contributed by atoms with Crippen LogP contribution < -0.4 is 0 Å². The summed E-state index contributed by atoms with van der Waals surface area (Å²) in [6.45, 7) is 0. The van der Waals surface area contributed by atoms with Crippen LogP contribution in [0.1, 0.15) is 15.9 Å². The van der Waals surface area contributed by atoms with Crippen molar-refractivity contribution in [2.75, 3.05) is 0 Å². The lowest BCUT2D eigenvalue weighted by molar-refractivity contribution is -0.176. The molecular weight excluding hydrogens is 236 g/mol. The molecule has 4 N–H and O–H groups in total. The lowest BCUT2D eigenvalue weighted by Gasteiger charge is -2.04. The van der Waals surface area contributed by atoms with Crippen molar-refractivity contribution in [3.8, 4) is 11.5 Å². The summed E-state index contributed by atoms with van der Waals surface area (Å²) < 4.78 is 0. The van der Waals surface area contributed by atoms with Crippen LogP contribution in [0, 0.1) is 0 Å². The Morgan fingerprint density at radius 1 is 0.889 bits per heavy atom. The van der Waals surface area contributed by atoms with E-state index in [4.69, 9.17) is 15.6 Å². The Hall–Kier alpha value is -2.37. The van der Waals surface area contributed by atoms with Gasteiger partial charge in [-0.2, -0.15) is 0 Å². The van der Waals surface area contributed by atoms with E-state index in [0.717, 1.165) is 6.07 Å². The first-order valence-electron chi connectivity index (χ1n) is 5.00. The van der Waals surface area contributed by atoms with E-state index in [9.17, 15) is 9.90 Å². The molecule has 2 aromatic rings. The van der Waals surface area contributed by atoms with Crippen LogP contribution in [-0.4, -0.2) is 26.5 Å². The van der Waals surface area contributed by atoms with E-state index < -0.39 is 0 Å². The number of ketones is 1. The fraction of sp³-hybridized carbons (Fsp3) is 0. The average Bonchev–Trinajstić information content (AvgIpc) is 2.41. The molecule has 2 aromatic carbocycles. The van der Waals surface area contributed by atoms with Gasteiger partial charge >= 0.3 is 0 Å². The molecule has 5 heteroatoms. The van der Waals surface area contributed by atoms with Gasteiger partial charge in [-0.15, -0.1) is 0 Å². The summed E-state index contributed by atoms with van der Waals surface area (Å²) in [5.74, 6) is -0.547. The second-order valence-electron chi connectivity index (χ2n) is 3.40. The lowest BCUT2D eigenvalue weighted by Crippen LogP contribution is -2.00. The Bertz CT molecular complexity index is 522. The molecule has 0 atom stereocenters. The van der Waals surface area contributed by atoms with Crippen molar-refractivity contribution < 1.29 is 25.5 Å². The maximum Gasteiger partial charge on any atom is 0.196 e. The molecule has 0 aliphatic heterocycles. The highest BCUT2D eigenvalue weighted by atomic mass is 17.0. The standard InChI is InChI=1S/C13H10O3.H2O2/c14-10-6-7-11(12(15)8-10)13(16)9-4-2-1-3-5-9;1-2/h1-8,14-15H;1-2H. The summed E-state index contributed by atoms with van der Waals surface area (Å²) in [5.41, 5.74) is 0.687. The van der Waals surface area contributed by atoms with E-state index in [1.165, 1.54) is 12.1 Å². The van der Waals surface area contributed by atoms with Crippen molar-refractivity contribution in [2.45, 2.75) is 0 Å². The zero-order valence-electron chi connectivity index (χ0n) is 9.32. The summed E-state index contributed by atoms with van der Waals surface area (Å²) in [6.07, 6.45) is 0. The Morgan fingerprint density at radius 3 is 2.06 bits per heavy atom. The number of hydrogen-bond acceptors (Lipinski definition) is 5. The van der Waals surface area contributed by atoms with Gasteiger partial charge in [0.1, 0.15) is 11.5 Å². The topological polar surface area (TPSA) is 98.0 Å². The SMILES string of the molecule is O=C(c1ccccc1)c1ccc(O)cc1O.OO. The molecule has 0 aliphatic carbocycles. The second kappa shape index (κ2) is 6.39. The Morgan fingerprint density at radius 2 is 1.50 bits per heavy atom. The van der Waals surface area contributed by atoms with Crippen molar-refractivity contribution in [3.05, 3.63) is 59.7 Å². The van der Waals surface area contributed by atoms with Gasteiger partial charge in [-0.05, 0) is 12.1 Å². The van der Waals surface area contributed by atoms with Crippen LogP contribution in [0.5, 0.6) is 11.5 Å². The third-order valence-electron chi connectivity index (χ3n) is 2.26. The summed E-state index contributed by atoms with van der Waals surface area (Å²) in [4.78, 5) is 11.9. The molecule has 0 saturated carbocycles. The molecule has 2 rings (SSSR count). The molecule has 0 saturated heterocycles. The zero-order chi connectivity index (χ0) is 13.5. The predicted molar refractivity (Wildman–Crippen MR) is 64.9 cm³/mol. The number of aromatic hydroxyl groups is 2. The number of carbonyl (C=O) groups excluding carboxylic acids is 1. The largest absolute Gasteiger partial charge is 0.508 e. The monoisotopic (exact) mass is 248 g/mol. The van der Waals surface area contributed by atoms with Gasteiger partial charge in [-0.25, -0.2) is 0 Å². The second-order valence-corrected chi connectivity index (χ2v) is 3.40. The fourth-order valence-corrected chi connectivity index (χ4v) is 1.46. The highest BCUT2D eigenvalue weighted by Gasteiger charge is 2.13. The smallest absolute Gasteiger partial charge is 0.196 e. The number of carbonyl (C=O) groups is 1. The van der Waals surface area contributed by atoms with Crippen molar-refractivity contribution in [1.29, 1.82) is 0 Å². The van der Waals surface area contributed by atoms with Gasteiger partial charge in [0.25, 0.3) is 0 Å². The number of phenols is 2. The number of rotatable bonds is 2. The predicted octanol–water partition coefficient (Wildman–Crippen LogP) is 2.35. The van der Waals surface area contributed by atoms with E-state index in [-0.39, 0.29) is 22.8 Å². The maximum absolute atomic E-state index is 11.9. The Balaban J connectivity index is 0.000000771. The first kappa shape index (κ1) is 13.7. The molecule has 94 valence electrons. The van der Waals surface area contributed by atoms with E-state index in [2.05, 4.69) is 0 Å². The van der Waals surface area contributed by atoms with E-state index >= 15 is 0 Å². The van der Waals surface area contributed by atoms with Gasteiger partial charge in [0.2, 0.25) is 0 Å². The molecule has 0 unspecified atom stereocenters. The highest BCUT2D eigenvalue weighted by molar-refractivity contribution is 6.10. The van der Waals surface area contributed by atoms with Crippen molar-refractivity contribution in [3.63, 3.8) is 0 Å². The maximum atomic E-state index is 11.9. The van der Waals surface area contributed by atoms with Gasteiger partial charge in [-0.1, -0.05) is 30.3 Å². The van der Waals surface area contributed by atoms with Gasteiger partial charge < -0.3 is 10.2 Å². The van der Waals surface area contributed by atoms with Gasteiger partial charge in [-0.3, -0.25) is 15.3 Å². The molecule has 0 heterocycles. The van der Waals surface area contributed by atoms with Crippen molar-refractivity contribution >= 4 is 5.78 Å². The Labute approximate surface area is 103 Å². The van der Waals surface area contributed by atoms with Crippen molar-refractivity contribution in [1.82, 2.24) is 0 Å². The van der Waals surface area contributed by atoms with Crippen LogP contribution in [-0.2, 0) is 0 Å². The molecule has 0 amide bonds. The fourth-order valence-electron chi connectivity index (χ4n) is 1.46. The highest BCUT2D eigenvalue weighted by Crippen LogP contribution is 2.24. The molecule has 0 radical (unpaired) electrons. The zero-order valence-corrected chi connectivity index (χ0v) is 9.32. The Kier molecular flexibility index (Phi) is 4.86. The van der Waals surface area contributed by atoms with E-state index in [0.29, 0.717) is 5.56 Å².